The molecule has 4 nitrogen and oxygen atoms in total. The fraction of sp³-hybridized carbons (Fsp3) is 0.545. The van der Waals surface area contributed by atoms with Crippen molar-refractivity contribution in [1.82, 2.24) is 4.98 Å². The number of anilines is 1. The molecule has 0 bridgehead atoms. The van der Waals surface area contributed by atoms with Crippen LogP contribution in [-0.4, -0.2) is 34.7 Å². The standard InChI is InChI=1S/C11H16BClN2O2/c1-8-4-2-3-5-15(8)11-10(13)6-9(7-14-11)12(16)17/h6-8,16-17H,2-5H2,1H3. The van der Waals surface area contributed by atoms with Gasteiger partial charge in [-0.1, -0.05) is 11.6 Å². The third-order valence-electron chi connectivity index (χ3n) is 3.22. The van der Waals surface area contributed by atoms with E-state index in [1.807, 2.05) is 0 Å². The van der Waals surface area contributed by atoms with Gasteiger partial charge in [-0.25, -0.2) is 4.98 Å². The third-order valence-corrected chi connectivity index (χ3v) is 3.49. The van der Waals surface area contributed by atoms with Crippen LogP contribution in [-0.2, 0) is 0 Å². The minimum atomic E-state index is -1.52. The van der Waals surface area contributed by atoms with Crippen molar-refractivity contribution >= 4 is 30.0 Å². The summed E-state index contributed by atoms with van der Waals surface area (Å²) in [6, 6.07) is 1.99. The van der Waals surface area contributed by atoms with Gasteiger partial charge in [-0.3, -0.25) is 0 Å². The Bertz CT molecular complexity index is 403. The van der Waals surface area contributed by atoms with Gasteiger partial charge >= 0.3 is 7.12 Å². The van der Waals surface area contributed by atoms with E-state index in [-0.39, 0.29) is 0 Å². The van der Waals surface area contributed by atoms with Crippen LogP contribution in [0.3, 0.4) is 0 Å². The van der Waals surface area contributed by atoms with Gasteiger partial charge in [-0.15, -0.1) is 0 Å². The summed E-state index contributed by atoms with van der Waals surface area (Å²) in [5.74, 6) is 0.739. The van der Waals surface area contributed by atoms with E-state index in [2.05, 4.69) is 16.8 Å². The molecule has 0 aromatic carbocycles. The van der Waals surface area contributed by atoms with Crippen LogP contribution in [0, 0.1) is 0 Å². The number of rotatable bonds is 2. The molecule has 1 aliphatic heterocycles. The average molecular weight is 255 g/mol. The molecule has 1 aromatic rings. The predicted octanol–water partition coefficient (Wildman–Crippen LogP) is 0.794. The molecule has 1 fully saturated rings. The highest BCUT2D eigenvalue weighted by Crippen LogP contribution is 2.28. The highest BCUT2D eigenvalue weighted by molar-refractivity contribution is 6.59. The predicted molar refractivity (Wildman–Crippen MR) is 69.7 cm³/mol. The van der Waals surface area contributed by atoms with Gasteiger partial charge in [-0.05, 0) is 32.3 Å². The molecule has 2 rings (SSSR count). The molecule has 1 saturated heterocycles. The Kier molecular flexibility index (Phi) is 3.91. The van der Waals surface area contributed by atoms with E-state index < -0.39 is 7.12 Å². The van der Waals surface area contributed by atoms with Gasteiger partial charge in [0.25, 0.3) is 0 Å². The maximum absolute atomic E-state index is 9.04. The van der Waals surface area contributed by atoms with Crippen molar-refractivity contribution in [2.45, 2.75) is 32.2 Å². The van der Waals surface area contributed by atoms with E-state index in [4.69, 9.17) is 21.6 Å². The van der Waals surface area contributed by atoms with E-state index in [0.29, 0.717) is 16.5 Å². The first-order valence-corrected chi connectivity index (χ1v) is 6.25. The molecule has 0 spiro atoms. The molecule has 0 saturated carbocycles. The number of nitrogens with zero attached hydrogens (tertiary/aromatic N) is 2. The van der Waals surface area contributed by atoms with Crippen LogP contribution in [0.4, 0.5) is 5.82 Å². The Hall–Kier alpha value is -0.775. The molecule has 1 atom stereocenters. The molecule has 92 valence electrons. The van der Waals surface area contributed by atoms with Crippen LogP contribution in [0.2, 0.25) is 5.02 Å². The molecular formula is C11H16BClN2O2. The van der Waals surface area contributed by atoms with E-state index in [1.165, 1.54) is 12.6 Å². The monoisotopic (exact) mass is 254 g/mol. The summed E-state index contributed by atoms with van der Waals surface area (Å²) in [7, 11) is -1.52. The van der Waals surface area contributed by atoms with Crippen molar-refractivity contribution in [1.29, 1.82) is 0 Å². The van der Waals surface area contributed by atoms with Crippen LogP contribution < -0.4 is 10.4 Å². The topological polar surface area (TPSA) is 56.6 Å². The Labute approximate surface area is 106 Å². The fourth-order valence-electron chi connectivity index (χ4n) is 2.21. The van der Waals surface area contributed by atoms with Crippen molar-refractivity contribution in [2.75, 3.05) is 11.4 Å². The second kappa shape index (κ2) is 5.25. The molecule has 0 amide bonds. The second-order valence-electron chi connectivity index (χ2n) is 4.49. The van der Waals surface area contributed by atoms with Crippen LogP contribution in [0.1, 0.15) is 26.2 Å². The lowest BCUT2D eigenvalue weighted by atomic mass is 9.82. The Morgan fingerprint density at radius 3 is 2.82 bits per heavy atom. The first kappa shape index (κ1) is 12.7. The quantitative estimate of drug-likeness (QED) is 0.767. The lowest BCUT2D eigenvalue weighted by Gasteiger charge is -2.34. The number of piperidine rings is 1. The maximum atomic E-state index is 9.04. The Morgan fingerprint density at radius 1 is 1.47 bits per heavy atom. The Balaban J connectivity index is 2.26. The van der Waals surface area contributed by atoms with Crippen LogP contribution in [0.15, 0.2) is 12.3 Å². The van der Waals surface area contributed by atoms with Gasteiger partial charge in [0.1, 0.15) is 5.82 Å². The van der Waals surface area contributed by atoms with E-state index in [9.17, 15) is 0 Å². The van der Waals surface area contributed by atoms with Gasteiger partial charge in [0.05, 0.1) is 5.02 Å². The van der Waals surface area contributed by atoms with Crippen molar-refractivity contribution in [3.63, 3.8) is 0 Å². The van der Waals surface area contributed by atoms with E-state index in [0.717, 1.165) is 25.2 Å². The van der Waals surface area contributed by atoms with Crippen molar-refractivity contribution in [3.05, 3.63) is 17.3 Å². The molecule has 1 unspecified atom stereocenters. The molecular weight excluding hydrogens is 238 g/mol. The summed E-state index contributed by atoms with van der Waals surface area (Å²) in [5.41, 5.74) is 0.323. The number of hydrogen-bond acceptors (Lipinski definition) is 4. The molecule has 1 aliphatic rings. The minimum Gasteiger partial charge on any atom is -0.423 e. The Morgan fingerprint density at radius 2 is 2.24 bits per heavy atom. The zero-order valence-corrected chi connectivity index (χ0v) is 10.6. The summed E-state index contributed by atoms with van der Waals surface area (Å²) >= 11 is 6.15. The third kappa shape index (κ3) is 2.73. The molecule has 2 N–H and O–H groups in total. The second-order valence-corrected chi connectivity index (χ2v) is 4.89. The van der Waals surface area contributed by atoms with Crippen molar-refractivity contribution in [3.8, 4) is 0 Å². The molecule has 17 heavy (non-hydrogen) atoms. The van der Waals surface area contributed by atoms with Crippen molar-refractivity contribution in [2.24, 2.45) is 0 Å². The highest BCUT2D eigenvalue weighted by Gasteiger charge is 2.23. The number of hydrogen-bond donors (Lipinski definition) is 2. The summed E-state index contributed by atoms with van der Waals surface area (Å²) in [5, 5.41) is 18.6. The van der Waals surface area contributed by atoms with E-state index in [1.54, 1.807) is 6.07 Å². The maximum Gasteiger partial charge on any atom is 0.490 e. The van der Waals surface area contributed by atoms with Gasteiger partial charge in [0.2, 0.25) is 0 Å². The zero-order valence-electron chi connectivity index (χ0n) is 9.80. The molecule has 1 aromatic heterocycles. The SMILES string of the molecule is CC1CCCCN1c1ncc(B(O)O)cc1Cl. The summed E-state index contributed by atoms with van der Waals surface area (Å²) in [6.07, 6.45) is 4.99. The summed E-state index contributed by atoms with van der Waals surface area (Å²) in [6.45, 7) is 3.11. The van der Waals surface area contributed by atoms with E-state index >= 15 is 0 Å². The van der Waals surface area contributed by atoms with Gasteiger partial charge in [0, 0.05) is 24.2 Å². The first-order chi connectivity index (χ1) is 8.09. The first-order valence-electron chi connectivity index (χ1n) is 5.88. The largest absolute Gasteiger partial charge is 0.490 e. The van der Waals surface area contributed by atoms with Gasteiger partial charge in [0.15, 0.2) is 0 Å². The van der Waals surface area contributed by atoms with Crippen molar-refractivity contribution < 1.29 is 10.0 Å². The molecule has 2 heterocycles. The zero-order chi connectivity index (χ0) is 12.4. The smallest absolute Gasteiger partial charge is 0.423 e. The molecule has 0 radical (unpaired) electrons. The molecule has 6 heteroatoms. The fourth-order valence-corrected chi connectivity index (χ4v) is 2.49. The lowest BCUT2D eigenvalue weighted by Crippen LogP contribution is -2.39. The van der Waals surface area contributed by atoms with Gasteiger partial charge < -0.3 is 14.9 Å². The van der Waals surface area contributed by atoms with Crippen LogP contribution >= 0.6 is 11.6 Å². The normalized spacial score (nSPS) is 20.5. The highest BCUT2D eigenvalue weighted by atomic mass is 35.5. The summed E-state index contributed by atoms with van der Waals surface area (Å²) in [4.78, 5) is 6.43. The minimum absolute atomic E-state index is 0.323. The molecule has 0 aliphatic carbocycles. The van der Waals surface area contributed by atoms with Crippen LogP contribution in [0.5, 0.6) is 0 Å². The lowest BCUT2D eigenvalue weighted by molar-refractivity contribution is 0.425. The number of halogens is 1. The van der Waals surface area contributed by atoms with Gasteiger partial charge in [-0.2, -0.15) is 0 Å². The number of pyridine rings is 1. The summed E-state index contributed by atoms with van der Waals surface area (Å²) < 4.78 is 0. The number of aromatic nitrogens is 1. The van der Waals surface area contributed by atoms with Crippen LogP contribution in [0.25, 0.3) is 0 Å². The average Bonchev–Trinajstić information content (AvgIpc) is 2.30.